The fraction of sp³-hybridized carbons (Fsp3) is 0.643. The van der Waals surface area contributed by atoms with Crippen LogP contribution in [0.25, 0.3) is 0 Å². The van der Waals surface area contributed by atoms with E-state index in [0.29, 0.717) is 0 Å². The Bertz CT molecular complexity index is 830. The fourth-order valence-corrected chi connectivity index (χ4v) is 5.02. The Morgan fingerprint density at radius 3 is 1.88 bits per heavy atom. The molecule has 0 fully saturated rings. The van der Waals surface area contributed by atoms with Gasteiger partial charge in [0.1, 0.15) is 16.7 Å². The number of rotatable bonds is 15. The Morgan fingerprint density at radius 2 is 1.44 bits per heavy atom. The maximum atomic E-state index is 10.3. The Hall–Kier alpha value is -0.880. The molecule has 1 aliphatic heterocycles. The minimum Gasteiger partial charge on any atom is -0.744 e. The molecule has 1 aliphatic rings. The summed E-state index contributed by atoms with van der Waals surface area (Å²) >= 11 is 2.18. The van der Waals surface area contributed by atoms with E-state index < -0.39 is 10.1 Å². The van der Waals surface area contributed by atoms with Gasteiger partial charge in [-0.3, -0.25) is 0 Å². The van der Waals surface area contributed by atoms with E-state index in [0.717, 1.165) is 6.54 Å². The molecule has 4 nitrogen and oxygen atoms in total. The summed E-state index contributed by atoms with van der Waals surface area (Å²) in [5, 5.41) is 0. The largest absolute Gasteiger partial charge is 0.744 e. The molecule has 6 heteroatoms. The average Bonchev–Trinajstić information content (AvgIpc) is 2.84. The van der Waals surface area contributed by atoms with E-state index in [1.807, 2.05) is 0 Å². The normalized spacial score (nSPS) is 17.4. The summed E-state index contributed by atoms with van der Waals surface area (Å²) in [6, 6.07) is 7.19. The third-order valence-electron chi connectivity index (χ3n) is 6.43. The molecular weight excluding hydrogens is 557 g/mol. The summed E-state index contributed by atoms with van der Waals surface area (Å²) in [6.07, 6.45) is 23.2. The smallest absolute Gasteiger partial charge is 0.142 e. The highest BCUT2D eigenvalue weighted by atomic mass is 127. The molecule has 1 unspecified atom stereocenters. The van der Waals surface area contributed by atoms with Crippen LogP contribution >= 0.6 is 22.6 Å². The lowest BCUT2D eigenvalue weighted by Gasteiger charge is -2.38. The van der Waals surface area contributed by atoms with Crippen molar-refractivity contribution in [3.05, 3.63) is 42.5 Å². The zero-order valence-electron chi connectivity index (χ0n) is 21.0. The topological polar surface area (TPSA) is 57.2 Å². The van der Waals surface area contributed by atoms with Crippen molar-refractivity contribution < 1.29 is 17.5 Å². The van der Waals surface area contributed by atoms with Gasteiger partial charge in [-0.2, -0.15) is 0 Å². The van der Waals surface area contributed by atoms with E-state index in [1.54, 1.807) is 6.07 Å². The summed E-state index contributed by atoms with van der Waals surface area (Å²) in [7, 11) is -4.25. The van der Waals surface area contributed by atoms with Crippen LogP contribution in [0.5, 0.6) is 0 Å². The van der Waals surface area contributed by atoms with E-state index in [2.05, 4.69) is 51.5 Å². The van der Waals surface area contributed by atoms with Crippen LogP contribution in [0.3, 0.4) is 0 Å². The van der Waals surface area contributed by atoms with E-state index in [9.17, 15) is 13.0 Å². The van der Waals surface area contributed by atoms with Gasteiger partial charge in [-0.1, -0.05) is 95.4 Å². The van der Waals surface area contributed by atoms with Gasteiger partial charge in [0.25, 0.3) is 0 Å². The van der Waals surface area contributed by atoms with Crippen molar-refractivity contribution in [1.29, 1.82) is 0 Å². The molecule has 0 aromatic heterocycles. The lowest BCUT2D eigenvalue weighted by atomic mass is 10.0. The Kier molecular flexibility index (Phi) is 17.7. The van der Waals surface area contributed by atoms with Gasteiger partial charge >= 0.3 is 0 Å². The van der Waals surface area contributed by atoms with Crippen molar-refractivity contribution >= 4 is 32.7 Å². The molecule has 1 aromatic carbocycles. The monoisotopic (exact) mass is 601 g/mol. The molecule has 1 aromatic rings. The minimum atomic E-state index is -4.25. The molecule has 192 valence electrons. The van der Waals surface area contributed by atoms with Gasteiger partial charge in [0, 0.05) is 29.0 Å². The molecular formula is C28H44INO3S. The van der Waals surface area contributed by atoms with Crippen LogP contribution in [0, 0.1) is 9.85 Å². The third kappa shape index (κ3) is 15.2. The maximum absolute atomic E-state index is 10.3. The molecule has 34 heavy (non-hydrogen) atoms. The average molecular weight is 602 g/mol. The maximum Gasteiger partial charge on any atom is 0.142 e. The van der Waals surface area contributed by atoms with Crippen molar-refractivity contribution in [3.8, 4) is 9.85 Å². The second-order valence-electron chi connectivity index (χ2n) is 9.32. The van der Waals surface area contributed by atoms with Crippen LogP contribution in [0.2, 0.25) is 0 Å². The van der Waals surface area contributed by atoms with Gasteiger partial charge in [0.15, 0.2) is 0 Å². The third-order valence-corrected chi connectivity index (χ3v) is 7.66. The molecule has 0 radical (unpaired) electrons. The number of unbranched alkanes of at least 4 members (excludes halogenated alkanes) is 11. The van der Waals surface area contributed by atoms with Gasteiger partial charge in [0.05, 0.1) is 24.5 Å². The van der Waals surface area contributed by atoms with Gasteiger partial charge < -0.3 is 9.04 Å². The highest BCUT2D eigenvalue weighted by Crippen LogP contribution is 2.17. The van der Waals surface area contributed by atoms with Gasteiger partial charge in [0.2, 0.25) is 0 Å². The Balaban J connectivity index is 0.000000479. The van der Waals surface area contributed by atoms with Gasteiger partial charge in [-0.15, -0.1) is 0 Å². The first-order valence-electron chi connectivity index (χ1n) is 13.0. The molecule has 2 rings (SSSR count). The minimum absolute atomic E-state index is 0.185. The first-order chi connectivity index (χ1) is 16.4. The number of nitrogens with zero attached hydrogens (tertiary/aromatic N) is 1. The van der Waals surface area contributed by atoms with Gasteiger partial charge in [-0.25, -0.2) is 8.42 Å². The lowest BCUT2D eigenvalue weighted by molar-refractivity contribution is -0.917. The van der Waals surface area contributed by atoms with E-state index in [1.165, 1.54) is 132 Å². The molecule has 0 saturated carbocycles. The Morgan fingerprint density at radius 1 is 0.882 bits per heavy atom. The summed E-state index contributed by atoms with van der Waals surface area (Å²) in [5.74, 6) is 3.33. The number of hydrogen-bond acceptors (Lipinski definition) is 3. The molecule has 0 N–H and O–H groups in total. The van der Waals surface area contributed by atoms with Crippen molar-refractivity contribution in [2.75, 3.05) is 26.2 Å². The summed E-state index contributed by atoms with van der Waals surface area (Å²) in [4.78, 5) is -0.185. The second kappa shape index (κ2) is 19.3. The molecule has 1 heterocycles. The predicted octanol–water partition coefficient (Wildman–Crippen LogP) is 7.45. The van der Waals surface area contributed by atoms with E-state index >= 15 is 0 Å². The first kappa shape index (κ1) is 31.2. The van der Waals surface area contributed by atoms with Crippen molar-refractivity contribution in [2.24, 2.45) is 0 Å². The summed E-state index contributed by atoms with van der Waals surface area (Å²) in [5.41, 5.74) is 0. The van der Waals surface area contributed by atoms with Crippen LogP contribution in [-0.4, -0.2) is 43.6 Å². The number of hydrogen-bond donors (Lipinski definition) is 0. The number of halogens is 1. The van der Waals surface area contributed by atoms with Crippen molar-refractivity contribution in [2.45, 2.75) is 95.3 Å². The molecule has 0 amide bonds. The zero-order valence-corrected chi connectivity index (χ0v) is 24.0. The predicted molar refractivity (Wildman–Crippen MR) is 151 cm³/mol. The van der Waals surface area contributed by atoms with Gasteiger partial charge in [-0.05, 0) is 40.9 Å². The highest BCUT2D eigenvalue weighted by Gasteiger charge is 2.25. The molecule has 1 atom stereocenters. The molecule has 0 saturated heterocycles. The molecule has 0 bridgehead atoms. The quantitative estimate of drug-likeness (QED) is 0.0524. The van der Waals surface area contributed by atoms with Crippen molar-refractivity contribution in [3.63, 3.8) is 0 Å². The number of benzene rings is 1. The van der Waals surface area contributed by atoms with Crippen LogP contribution in [0.15, 0.2) is 47.4 Å². The van der Waals surface area contributed by atoms with Crippen LogP contribution < -0.4 is 0 Å². The van der Waals surface area contributed by atoms with Crippen LogP contribution in [-0.2, 0) is 10.1 Å². The molecule has 0 spiro atoms. The van der Waals surface area contributed by atoms with Crippen LogP contribution in [0.1, 0.15) is 90.4 Å². The van der Waals surface area contributed by atoms with E-state index in [4.69, 9.17) is 0 Å². The lowest BCUT2D eigenvalue weighted by Crippen LogP contribution is -2.51. The SMILES string of the molecule is CCCCCCCCCCCCCC[N+]1(CC#CI)CC=CCC1.O=S(=O)([O-])c1ccccc1. The van der Waals surface area contributed by atoms with Crippen LogP contribution in [0.4, 0.5) is 0 Å². The van der Waals surface area contributed by atoms with E-state index in [-0.39, 0.29) is 4.90 Å². The van der Waals surface area contributed by atoms with Crippen molar-refractivity contribution in [1.82, 2.24) is 0 Å². The Labute approximate surface area is 223 Å². The number of quaternary nitrogens is 1. The molecule has 0 aliphatic carbocycles. The zero-order chi connectivity index (χ0) is 25.0. The standard InChI is InChI=1S/C22H39IN.C6H6O3S/c1-2-3-4-5-6-7-8-9-10-11-12-14-19-24(22-17-18-23)20-15-13-16-21-24;7-10(8,9)6-4-2-1-3-5-6/h13,15H,2-12,14,16,19-22H2,1H3;1-5H,(H,7,8,9)/q+1;/p-1. The fourth-order valence-electron chi connectivity index (χ4n) is 4.35. The summed E-state index contributed by atoms with van der Waals surface area (Å²) < 4.78 is 35.1. The first-order valence-corrected chi connectivity index (χ1v) is 15.5. The highest BCUT2D eigenvalue weighted by molar-refractivity contribution is 14.1. The summed E-state index contributed by atoms with van der Waals surface area (Å²) in [6.45, 7) is 7.16. The second-order valence-corrected chi connectivity index (χ2v) is 11.2.